The zero-order chi connectivity index (χ0) is 22.8. The Morgan fingerprint density at radius 3 is 2.52 bits per heavy atom. The van der Waals surface area contributed by atoms with E-state index in [0.29, 0.717) is 5.91 Å². The standard InChI is InChI=1S/C28H43N3O2/c1-3-6-23-7-5-15-30(23)24-10-16-29(17-11-24)25-8-9-26(22(4-2)21-25)31-18-12-28(27(31)32)13-19-33-20-14-28/h8-9,21,23-24H,3-7,10-20H2,1-2H3. The number of aryl methyl sites for hydroxylation is 1. The third kappa shape index (κ3) is 4.43. The maximum Gasteiger partial charge on any atom is 0.233 e. The predicted molar refractivity (Wildman–Crippen MR) is 135 cm³/mol. The van der Waals surface area contributed by atoms with Crippen LogP contribution in [-0.2, 0) is 16.0 Å². The van der Waals surface area contributed by atoms with Crippen LogP contribution in [-0.4, -0.2) is 62.3 Å². The Kier molecular flexibility index (Phi) is 6.99. The van der Waals surface area contributed by atoms with Crippen LogP contribution in [0.3, 0.4) is 0 Å². The van der Waals surface area contributed by atoms with E-state index in [-0.39, 0.29) is 5.41 Å². The molecule has 5 nitrogen and oxygen atoms in total. The number of nitrogens with zero attached hydrogens (tertiary/aromatic N) is 3. The molecule has 4 aliphatic rings. The van der Waals surface area contributed by atoms with Gasteiger partial charge in [-0.3, -0.25) is 9.69 Å². The Morgan fingerprint density at radius 2 is 1.79 bits per heavy atom. The van der Waals surface area contributed by atoms with Gasteiger partial charge in [0.25, 0.3) is 0 Å². The molecular formula is C28H43N3O2. The van der Waals surface area contributed by atoms with E-state index in [0.717, 1.165) is 76.3 Å². The Labute approximate surface area is 200 Å². The van der Waals surface area contributed by atoms with E-state index in [1.807, 2.05) is 0 Å². The summed E-state index contributed by atoms with van der Waals surface area (Å²) >= 11 is 0. The van der Waals surface area contributed by atoms with Gasteiger partial charge < -0.3 is 14.5 Å². The topological polar surface area (TPSA) is 36.0 Å². The maximum atomic E-state index is 13.4. The van der Waals surface area contributed by atoms with Gasteiger partial charge in [-0.2, -0.15) is 0 Å². The number of hydrogen-bond donors (Lipinski definition) is 0. The maximum absolute atomic E-state index is 13.4. The van der Waals surface area contributed by atoms with Crippen LogP contribution in [0.4, 0.5) is 11.4 Å². The Balaban J connectivity index is 1.25. The SMILES string of the molecule is CCCC1CCCN1C1CCN(c2ccc(N3CCC4(CCOCC4)C3=O)c(CC)c2)CC1. The van der Waals surface area contributed by atoms with Gasteiger partial charge in [-0.1, -0.05) is 20.3 Å². The van der Waals surface area contributed by atoms with Gasteiger partial charge in [0.1, 0.15) is 0 Å². The molecule has 4 saturated heterocycles. The van der Waals surface area contributed by atoms with Crippen molar-refractivity contribution in [1.29, 1.82) is 0 Å². The Morgan fingerprint density at radius 1 is 1.00 bits per heavy atom. The average Bonchev–Trinajstić information content (AvgIpc) is 3.44. The van der Waals surface area contributed by atoms with Crippen LogP contribution in [0.15, 0.2) is 18.2 Å². The van der Waals surface area contributed by atoms with Crippen molar-refractivity contribution in [3.63, 3.8) is 0 Å². The first-order valence-electron chi connectivity index (χ1n) is 13.7. The summed E-state index contributed by atoms with van der Waals surface area (Å²) < 4.78 is 5.55. The number of likely N-dealkylation sites (tertiary alicyclic amines) is 1. The zero-order valence-corrected chi connectivity index (χ0v) is 20.9. The molecule has 0 saturated carbocycles. The minimum absolute atomic E-state index is 0.172. The summed E-state index contributed by atoms with van der Waals surface area (Å²) in [6.07, 6.45) is 11.7. The first-order valence-corrected chi connectivity index (χ1v) is 13.7. The van der Waals surface area contributed by atoms with E-state index in [1.54, 1.807) is 0 Å². The number of carbonyl (C=O) groups excluding carboxylic acids is 1. The lowest BCUT2D eigenvalue weighted by molar-refractivity contribution is -0.130. The fraction of sp³-hybridized carbons (Fsp3) is 0.750. The summed E-state index contributed by atoms with van der Waals surface area (Å²) in [6.45, 7) is 10.5. The van der Waals surface area contributed by atoms with Gasteiger partial charge in [-0.15, -0.1) is 0 Å². The molecule has 4 heterocycles. The second-order valence-corrected chi connectivity index (χ2v) is 10.8. The molecule has 33 heavy (non-hydrogen) atoms. The van der Waals surface area contributed by atoms with Gasteiger partial charge in [-0.05, 0) is 88.1 Å². The van der Waals surface area contributed by atoms with Crippen molar-refractivity contribution in [1.82, 2.24) is 4.90 Å². The quantitative estimate of drug-likeness (QED) is 0.606. The fourth-order valence-electron chi connectivity index (χ4n) is 7.03. The van der Waals surface area contributed by atoms with Crippen molar-refractivity contribution in [2.24, 2.45) is 5.41 Å². The smallest absolute Gasteiger partial charge is 0.233 e. The molecule has 1 atom stereocenters. The second kappa shape index (κ2) is 9.95. The summed E-state index contributed by atoms with van der Waals surface area (Å²) in [5, 5.41) is 0. The first kappa shape index (κ1) is 23.2. The number of benzene rings is 1. The van der Waals surface area contributed by atoms with E-state index in [9.17, 15) is 4.79 Å². The van der Waals surface area contributed by atoms with Gasteiger partial charge in [-0.25, -0.2) is 0 Å². The minimum atomic E-state index is -0.172. The molecule has 1 aromatic carbocycles. The monoisotopic (exact) mass is 453 g/mol. The number of rotatable bonds is 6. The van der Waals surface area contributed by atoms with E-state index in [4.69, 9.17) is 4.74 Å². The average molecular weight is 454 g/mol. The summed E-state index contributed by atoms with van der Waals surface area (Å²) in [4.78, 5) is 20.9. The molecule has 4 fully saturated rings. The molecule has 5 heteroatoms. The van der Waals surface area contributed by atoms with Crippen molar-refractivity contribution >= 4 is 17.3 Å². The number of ether oxygens (including phenoxy) is 1. The molecule has 1 aromatic rings. The van der Waals surface area contributed by atoms with Gasteiger partial charge in [0.05, 0.1) is 5.41 Å². The van der Waals surface area contributed by atoms with E-state index in [1.165, 1.54) is 56.3 Å². The lowest BCUT2D eigenvalue weighted by Gasteiger charge is -2.40. The summed E-state index contributed by atoms with van der Waals surface area (Å²) in [5.74, 6) is 0.335. The summed E-state index contributed by atoms with van der Waals surface area (Å²) in [6, 6.07) is 8.46. The highest BCUT2D eigenvalue weighted by atomic mass is 16.5. The lowest BCUT2D eigenvalue weighted by Crippen LogP contribution is -2.46. The van der Waals surface area contributed by atoms with Crippen molar-refractivity contribution in [2.45, 2.75) is 90.1 Å². The largest absolute Gasteiger partial charge is 0.381 e. The minimum Gasteiger partial charge on any atom is -0.381 e. The van der Waals surface area contributed by atoms with Gasteiger partial charge in [0.2, 0.25) is 5.91 Å². The fourth-order valence-corrected chi connectivity index (χ4v) is 7.03. The third-order valence-electron chi connectivity index (χ3n) is 9.04. The van der Waals surface area contributed by atoms with E-state index in [2.05, 4.69) is 46.7 Å². The molecule has 182 valence electrons. The molecule has 0 radical (unpaired) electrons. The second-order valence-electron chi connectivity index (χ2n) is 10.8. The molecule has 1 spiro atoms. The number of hydrogen-bond acceptors (Lipinski definition) is 4. The van der Waals surface area contributed by atoms with Gasteiger partial charge >= 0.3 is 0 Å². The first-order chi connectivity index (χ1) is 16.1. The van der Waals surface area contributed by atoms with Crippen molar-refractivity contribution < 1.29 is 9.53 Å². The van der Waals surface area contributed by atoms with Crippen LogP contribution in [0, 0.1) is 5.41 Å². The number of amides is 1. The van der Waals surface area contributed by atoms with Gasteiger partial charge in [0.15, 0.2) is 0 Å². The molecule has 5 rings (SSSR count). The molecular weight excluding hydrogens is 410 g/mol. The van der Waals surface area contributed by atoms with Crippen LogP contribution in [0.25, 0.3) is 0 Å². The number of piperidine rings is 1. The Hall–Kier alpha value is -1.59. The molecule has 0 aromatic heterocycles. The van der Waals surface area contributed by atoms with Crippen LogP contribution in [0.2, 0.25) is 0 Å². The molecule has 4 aliphatic heterocycles. The van der Waals surface area contributed by atoms with E-state index < -0.39 is 0 Å². The molecule has 0 aliphatic carbocycles. The predicted octanol–water partition coefficient (Wildman–Crippen LogP) is 5.02. The van der Waals surface area contributed by atoms with Crippen molar-refractivity contribution in [3.05, 3.63) is 23.8 Å². The Bertz CT molecular complexity index is 826. The lowest BCUT2D eigenvalue weighted by atomic mass is 9.79. The van der Waals surface area contributed by atoms with Crippen molar-refractivity contribution in [3.8, 4) is 0 Å². The number of anilines is 2. The molecule has 1 amide bonds. The molecule has 1 unspecified atom stereocenters. The van der Waals surface area contributed by atoms with Crippen LogP contribution < -0.4 is 9.80 Å². The van der Waals surface area contributed by atoms with Crippen LogP contribution >= 0.6 is 0 Å². The zero-order valence-electron chi connectivity index (χ0n) is 20.9. The van der Waals surface area contributed by atoms with Crippen LogP contribution in [0.1, 0.15) is 77.2 Å². The third-order valence-corrected chi connectivity index (χ3v) is 9.04. The van der Waals surface area contributed by atoms with Gasteiger partial charge in [0, 0.05) is 56.3 Å². The highest BCUT2D eigenvalue weighted by Crippen LogP contribution is 2.44. The van der Waals surface area contributed by atoms with Crippen LogP contribution in [0.5, 0.6) is 0 Å². The highest BCUT2D eigenvalue weighted by molar-refractivity contribution is 6.00. The van der Waals surface area contributed by atoms with E-state index >= 15 is 0 Å². The highest BCUT2D eigenvalue weighted by Gasteiger charge is 2.48. The molecule has 0 bridgehead atoms. The normalized spacial score (nSPS) is 26.6. The van der Waals surface area contributed by atoms with Crippen molar-refractivity contribution in [2.75, 3.05) is 49.2 Å². The molecule has 0 N–H and O–H groups in total. The number of carbonyl (C=O) groups is 1. The summed E-state index contributed by atoms with van der Waals surface area (Å²) in [7, 11) is 0. The summed E-state index contributed by atoms with van der Waals surface area (Å²) in [5.41, 5.74) is 3.63.